The van der Waals surface area contributed by atoms with Crippen LogP contribution < -0.4 is 0 Å². The maximum absolute atomic E-state index is 11.7. The summed E-state index contributed by atoms with van der Waals surface area (Å²) < 4.78 is 11.5. The van der Waals surface area contributed by atoms with Crippen molar-refractivity contribution < 1.29 is 38.8 Å². The molecule has 4 heterocycles. The molecule has 0 saturated carbocycles. The fourth-order valence-electron chi connectivity index (χ4n) is 7.99. The van der Waals surface area contributed by atoms with Gasteiger partial charge in [0.1, 0.15) is 11.2 Å². The summed E-state index contributed by atoms with van der Waals surface area (Å²) in [6, 6.07) is 51.9. The van der Waals surface area contributed by atoms with Crippen molar-refractivity contribution in [2.45, 2.75) is 53.4 Å². The maximum Gasteiger partial charge on any atom is 0.162 e. The first kappa shape index (κ1) is 43.7. The van der Waals surface area contributed by atoms with Crippen LogP contribution in [0.2, 0.25) is 0 Å². The average molecular weight is 993 g/mol. The Morgan fingerprint density at radius 1 is 0.548 bits per heavy atom. The zero-order valence-electron chi connectivity index (χ0n) is 35.3. The summed E-state index contributed by atoms with van der Waals surface area (Å²) >= 11 is 0. The number of para-hydroxylation sites is 2. The third-order valence-corrected chi connectivity index (χ3v) is 11.5. The molecule has 1 radical (unpaired) electrons. The van der Waals surface area contributed by atoms with E-state index in [0.717, 1.165) is 103 Å². The number of hydrogen-bond acceptors (Lipinski definition) is 6. The second-order valence-electron chi connectivity index (χ2n) is 15.2. The third-order valence-electron chi connectivity index (χ3n) is 11.5. The Bertz CT molecular complexity index is 2970. The number of hydrogen-bond donors (Lipinski definition) is 1. The molecule has 0 aliphatic rings. The zero-order valence-corrected chi connectivity index (χ0v) is 37.7. The van der Waals surface area contributed by atoms with E-state index in [1.54, 1.807) is 12.5 Å². The zero-order chi connectivity index (χ0) is 42.3. The SMILES string of the molecule is CCC(CC)C(=O)/C=C(\O)C(CC)CC.[Ir].[c-]1c(-c2nc3ccccc3c3occc23)ccc2ccccc12.[c-]1c(-c2nc3ccccc3c3occc23)ccc2ccccc12. The molecule has 0 aliphatic carbocycles. The van der Waals surface area contributed by atoms with Gasteiger partial charge in [0.15, 0.2) is 5.78 Å². The first-order valence-corrected chi connectivity index (χ1v) is 21.2. The smallest absolute Gasteiger partial charge is 0.162 e. The summed E-state index contributed by atoms with van der Waals surface area (Å²) in [5.41, 5.74) is 7.44. The number of fused-ring (bicyclic) bond motifs is 8. The molecule has 0 unspecified atom stereocenters. The summed E-state index contributed by atoms with van der Waals surface area (Å²) in [6.45, 7) is 8.07. The molecule has 0 aliphatic heterocycles. The molecule has 0 atom stereocenters. The normalized spacial score (nSPS) is 11.5. The Labute approximate surface area is 375 Å². The minimum atomic E-state index is 0. The van der Waals surface area contributed by atoms with Crippen LogP contribution in [0.1, 0.15) is 53.4 Å². The van der Waals surface area contributed by atoms with Crippen molar-refractivity contribution in [3.8, 4) is 22.5 Å². The van der Waals surface area contributed by atoms with E-state index in [4.69, 9.17) is 18.8 Å². The van der Waals surface area contributed by atoms with E-state index in [0.29, 0.717) is 0 Å². The second kappa shape index (κ2) is 20.0. The van der Waals surface area contributed by atoms with Crippen LogP contribution in [0.25, 0.3) is 87.8 Å². The van der Waals surface area contributed by atoms with Crippen molar-refractivity contribution >= 4 is 71.1 Å². The van der Waals surface area contributed by atoms with Crippen LogP contribution in [0, 0.1) is 24.0 Å². The van der Waals surface area contributed by atoms with Gasteiger partial charge in [-0.1, -0.05) is 110 Å². The Hall–Kier alpha value is -6.40. The number of aromatic nitrogens is 2. The van der Waals surface area contributed by atoms with Crippen molar-refractivity contribution in [3.63, 3.8) is 0 Å². The van der Waals surface area contributed by atoms with Gasteiger partial charge in [-0.25, -0.2) is 0 Å². The number of nitrogens with zero attached hydrogens (tertiary/aromatic N) is 2. The second-order valence-corrected chi connectivity index (χ2v) is 15.2. The number of furan rings is 2. The van der Waals surface area contributed by atoms with Gasteiger partial charge in [0.25, 0.3) is 0 Å². The van der Waals surface area contributed by atoms with Gasteiger partial charge < -0.3 is 13.9 Å². The summed E-state index contributed by atoms with van der Waals surface area (Å²) in [5.74, 6) is 0.547. The van der Waals surface area contributed by atoms with E-state index in [-0.39, 0.29) is 43.5 Å². The van der Waals surface area contributed by atoms with Gasteiger partial charge in [-0.15, -0.1) is 59.3 Å². The van der Waals surface area contributed by atoms with Crippen molar-refractivity contribution in [2.24, 2.45) is 11.8 Å². The number of rotatable bonds is 9. The molecule has 0 saturated heterocycles. The van der Waals surface area contributed by atoms with Crippen molar-refractivity contribution in [3.05, 3.63) is 170 Å². The van der Waals surface area contributed by atoms with Crippen LogP contribution in [0.15, 0.2) is 167 Å². The molecule has 6 nitrogen and oxygen atoms in total. The number of pyridine rings is 2. The molecule has 1 N–H and O–H groups in total. The van der Waals surface area contributed by atoms with Crippen LogP contribution >= 0.6 is 0 Å². The third kappa shape index (κ3) is 9.11. The molecule has 10 rings (SSSR count). The van der Waals surface area contributed by atoms with Crippen LogP contribution in [-0.4, -0.2) is 20.9 Å². The number of carbonyl (C=O) groups is 1. The van der Waals surface area contributed by atoms with Gasteiger partial charge in [0.2, 0.25) is 0 Å². The van der Waals surface area contributed by atoms with Crippen molar-refractivity contribution in [1.29, 1.82) is 0 Å². The van der Waals surface area contributed by atoms with Crippen LogP contribution in [0.4, 0.5) is 0 Å². The van der Waals surface area contributed by atoms with Gasteiger partial charge in [-0.3, -0.25) is 14.8 Å². The molecule has 0 amide bonds. The predicted molar refractivity (Wildman–Crippen MR) is 250 cm³/mol. The first-order valence-electron chi connectivity index (χ1n) is 21.2. The average Bonchev–Trinajstić information content (AvgIpc) is 4.01. The first-order chi connectivity index (χ1) is 29.9. The molecule has 4 aromatic heterocycles. The molecule has 7 heteroatoms. The molecular formula is C55H48IrN2O4-2. The number of benzene rings is 6. The maximum atomic E-state index is 11.7. The van der Waals surface area contributed by atoms with Crippen molar-refractivity contribution in [1.82, 2.24) is 9.97 Å². The van der Waals surface area contributed by atoms with Gasteiger partial charge in [-0.05, 0) is 62.1 Å². The molecule has 0 spiro atoms. The fraction of sp³-hybridized carbons (Fsp3) is 0.182. The minimum Gasteiger partial charge on any atom is -0.512 e. The molecule has 0 bridgehead atoms. The van der Waals surface area contributed by atoms with Crippen LogP contribution in [0.5, 0.6) is 0 Å². The minimum absolute atomic E-state index is 0. The summed E-state index contributed by atoms with van der Waals surface area (Å²) in [7, 11) is 0. The Kier molecular flexibility index (Phi) is 14.1. The van der Waals surface area contributed by atoms with E-state index in [1.807, 2.05) is 113 Å². The molecule has 10 aromatic rings. The Morgan fingerprint density at radius 2 is 0.968 bits per heavy atom. The Balaban J connectivity index is 0.000000143. The van der Waals surface area contributed by atoms with E-state index in [2.05, 4.69) is 60.7 Å². The van der Waals surface area contributed by atoms with Gasteiger partial charge >= 0.3 is 0 Å². The van der Waals surface area contributed by atoms with E-state index in [1.165, 1.54) is 16.8 Å². The summed E-state index contributed by atoms with van der Waals surface area (Å²) in [5, 5.41) is 18.4. The number of allylic oxidation sites excluding steroid dienone is 2. The largest absolute Gasteiger partial charge is 0.512 e. The van der Waals surface area contributed by atoms with Gasteiger partial charge in [0, 0.05) is 70.9 Å². The monoisotopic (exact) mass is 993 g/mol. The standard InChI is InChI=1S/2C21H12NO.C13H24O2.Ir/c2*1-2-6-15-13-16(10-9-14(15)5-1)20-18-11-12-23-21(18)17-7-3-4-8-19(17)22-20;1-5-10(6-2)12(14)9-13(15)11(7-3)8-4;/h2*1-12H;9-11,14H,5-8H2,1-4H3;/q2*-1;;/b;;12-9-;. The number of ketones is 1. The summed E-state index contributed by atoms with van der Waals surface area (Å²) in [4.78, 5) is 21.4. The summed E-state index contributed by atoms with van der Waals surface area (Å²) in [6.07, 6.45) is 8.36. The molecular weight excluding hydrogens is 945 g/mol. The predicted octanol–water partition coefficient (Wildman–Crippen LogP) is 15.1. The number of carbonyl (C=O) groups excluding carboxylic acids is 1. The number of aliphatic hydroxyl groups is 1. The van der Waals surface area contributed by atoms with E-state index >= 15 is 0 Å². The quantitative estimate of drug-likeness (QED) is 0.0880. The fourth-order valence-corrected chi connectivity index (χ4v) is 7.99. The topological polar surface area (TPSA) is 89.4 Å². The van der Waals surface area contributed by atoms with E-state index in [9.17, 15) is 9.90 Å². The van der Waals surface area contributed by atoms with Gasteiger partial charge in [-0.2, -0.15) is 0 Å². The molecule has 0 fully saturated rings. The molecule has 62 heavy (non-hydrogen) atoms. The van der Waals surface area contributed by atoms with Crippen LogP contribution in [-0.2, 0) is 24.9 Å². The van der Waals surface area contributed by atoms with Crippen LogP contribution in [0.3, 0.4) is 0 Å². The Morgan fingerprint density at radius 3 is 1.42 bits per heavy atom. The molecule has 313 valence electrons. The number of aliphatic hydroxyl groups excluding tert-OH is 1. The molecule has 6 aromatic carbocycles. The van der Waals surface area contributed by atoms with Gasteiger partial charge in [0.05, 0.1) is 29.3 Å². The van der Waals surface area contributed by atoms with E-state index < -0.39 is 0 Å². The van der Waals surface area contributed by atoms with Crippen molar-refractivity contribution in [2.75, 3.05) is 0 Å².